The van der Waals surface area contributed by atoms with Gasteiger partial charge < -0.3 is 15.8 Å². The average molecular weight is 220 g/mol. The molecule has 1 fully saturated rings. The van der Waals surface area contributed by atoms with Crippen LogP contribution >= 0.6 is 0 Å². The summed E-state index contributed by atoms with van der Waals surface area (Å²) in [5, 5.41) is 3.43. The summed E-state index contributed by atoms with van der Waals surface area (Å²) in [5.74, 6) is 0. The Balaban J connectivity index is 1.96. The number of nitrogens with two attached hydrogens (primary N) is 1. The molecule has 1 aliphatic rings. The molecule has 0 saturated heterocycles. The zero-order chi connectivity index (χ0) is 11.6. The minimum absolute atomic E-state index is 0.0648. The van der Waals surface area contributed by atoms with Gasteiger partial charge in [0, 0.05) is 25.0 Å². The lowest BCUT2D eigenvalue weighted by Gasteiger charge is -2.40. The maximum Gasteiger partial charge on any atom is 0.0850 e. The molecule has 0 aliphatic heterocycles. The van der Waals surface area contributed by atoms with Crippen LogP contribution in [0.3, 0.4) is 0 Å². The van der Waals surface area contributed by atoms with E-state index in [9.17, 15) is 0 Å². The zero-order valence-corrected chi connectivity index (χ0v) is 10.0. The molecular weight excluding hydrogens is 200 g/mol. The topological polar surface area (TPSA) is 47.3 Å². The highest BCUT2D eigenvalue weighted by molar-refractivity contribution is 5.56. The molecule has 16 heavy (non-hydrogen) atoms. The summed E-state index contributed by atoms with van der Waals surface area (Å²) in [6, 6.07) is 6.04. The predicted octanol–water partition coefficient (Wildman–Crippen LogP) is 2.56. The van der Waals surface area contributed by atoms with Gasteiger partial charge in [-0.25, -0.2) is 0 Å². The van der Waals surface area contributed by atoms with Gasteiger partial charge in [0.1, 0.15) is 0 Å². The first-order valence-corrected chi connectivity index (χ1v) is 5.80. The Kier molecular flexibility index (Phi) is 3.06. The number of methoxy groups -OCH3 is 1. The van der Waals surface area contributed by atoms with E-state index in [1.165, 1.54) is 6.42 Å². The second kappa shape index (κ2) is 4.34. The molecule has 0 amide bonds. The molecule has 0 bridgehead atoms. The Morgan fingerprint density at radius 2 is 2.19 bits per heavy atom. The number of rotatable bonds is 4. The van der Waals surface area contributed by atoms with Crippen LogP contribution in [-0.4, -0.2) is 19.3 Å². The molecule has 2 rings (SSSR count). The Bertz CT molecular complexity index is 367. The number of benzene rings is 1. The molecule has 0 radical (unpaired) electrons. The third-order valence-electron chi connectivity index (χ3n) is 3.58. The molecule has 1 aromatic carbocycles. The first kappa shape index (κ1) is 11.3. The lowest BCUT2D eigenvalue weighted by Crippen LogP contribution is -2.45. The molecule has 0 atom stereocenters. The van der Waals surface area contributed by atoms with Gasteiger partial charge in [-0.05, 0) is 49.9 Å². The Hall–Kier alpha value is -1.22. The molecule has 3 N–H and O–H groups in total. The quantitative estimate of drug-likeness (QED) is 0.767. The lowest BCUT2D eigenvalue weighted by atomic mass is 9.80. The van der Waals surface area contributed by atoms with Gasteiger partial charge in [-0.2, -0.15) is 0 Å². The van der Waals surface area contributed by atoms with Crippen LogP contribution in [0.25, 0.3) is 0 Å². The van der Waals surface area contributed by atoms with Crippen molar-refractivity contribution in [3.05, 3.63) is 23.8 Å². The van der Waals surface area contributed by atoms with E-state index in [1.807, 2.05) is 19.1 Å². The predicted molar refractivity (Wildman–Crippen MR) is 67.7 cm³/mol. The number of aryl methyl sites for hydroxylation is 1. The fraction of sp³-hybridized carbons (Fsp3) is 0.538. The number of ether oxygens (including phenoxy) is 1. The normalized spacial score (nSPS) is 17.9. The Morgan fingerprint density at radius 3 is 2.69 bits per heavy atom. The van der Waals surface area contributed by atoms with Crippen LogP contribution in [0.15, 0.2) is 18.2 Å². The van der Waals surface area contributed by atoms with Crippen molar-refractivity contribution in [2.24, 2.45) is 0 Å². The van der Waals surface area contributed by atoms with Crippen molar-refractivity contribution in [2.45, 2.75) is 31.8 Å². The van der Waals surface area contributed by atoms with Gasteiger partial charge in [0.25, 0.3) is 0 Å². The van der Waals surface area contributed by atoms with E-state index in [0.717, 1.165) is 36.3 Å². The molecule has 0 spiro atoms. The van der Waals surface area contributed by atoms with Crippen LogP contribution in [-0.2, 0) is 4.74 Å². The minimum atomic E-state index is 0.0648. The molecule has 1 saturated carbocycles. The summed E-state index contributed by atoms with van der Waals surface area (Å²) in [6.07, 6.45) is 3.59. The highest BCUT2D eigenvalue weighted by Gasteiger charge is 2.36. The summed E-state index contributed by atoms with van der Waals surface area (Å²) < 4.78 is 5.56. The van der Waals surface area contributed by atoms with Crippen molar-refractivity contribution in [2.75, 3.05) is 24.7 Å². The molecular formula is C13H20N2O. The van der Waals surface area contributed by atoms with E-state index in [2.05, 4.69) is 11.4 Å². The highest BCUT2D eigenvalue weighted by atomic mass is 16.5. The number of anilines is 2. The molecule has 88 valence electrons. The minimum Gasteiger partial charge on any atom is -0.399 e. The number of hydrogen-bond donors (Lipinski definition) is 2. The van der Waals surface area contributed by atoms with Crippen molar-refractivity contribution >= 4 is 11.4 Å². The first-order valence-electron chi connectivity index (χ1n) is 5.80. The van der Waals surface area contributed by atoms with Gasteiger partial charge in [-0.15, -0.1) is 0 Å². The molecule has 3 heteroatoms. The van der Waals surface area contributed by atoms with Gasteiger partial charge in [0.15, 0.2) is 0 Å². The molecule has 0 heterocycles. The molecule has 0 unspecified atom stereocenters. The van der Waals surface area contributed by atoms with Gasteiger partial charge in [0.05, 0.1) is 5.60 Å². The van der Waals surface area contributed by atoms with E-state index >= 15 is 0 Å². The Morgan fingerprint density at radius 1 is 1.44 bits per heavy atom. The summed E-state index contributed by atoms with van der Waals surface area (Å²) in [6.45, 7) is 2.91. The molecule has 0 aromatic heterocycles. The second-order valence-electron chi connectivity index (χ2n) is 4.67. The third-order valence-corrected chi connectivity index (χ3v) is 3.58. The van der Waals surface area contributed by atoms with Crippen LogP contribution in [0.4, 0.5) is 11.4 Å². The van der Waals surface area contributed by atoms with Gasteiger partial charge in [0.2, 0.25) is 0 Å². The van der Waals surface area contributed by atoms with Crippen LogP contribution in [0.5, 0.6) is 0 Å². The van der Waals surface area contributed by atoms with Crippen LogP contribution < -0.4 is 11.1 Å². The van der Waals surface area contributed by atoms with E-state index in [0.29, 0.717) is 0 Å². The van der Waals surface area contributed by atoms with Gasteiger partial charge >= 0.3 is 0 Å². The largest absolute Gasteiger partial charge is 0.399 e. The summed E-state index contributed by atoms with van der Waals surface area (Å²) >= 11 is 0. The second-order valence-corrected chi connectivity index (χ2v) is 4.67. The van der Waals surface area contributed by atoms with Crippen molar-refractivity contribution in [3.8, 4) is 0 Å². The van der Waals surface area contributed by atoms with E-state index in [4.69, 9.17) is 10.5 Å². The Labute approximate surface area is 97.0 Å². The van der Waals surface area contributed by atoms with Crippen molar-refractivity contribution in [3.63, 3.8) is 0 Å². The highest BCUT2D eigenvalue weighted by Crippen LogP contribution is 2.35. The maximum absolute atomic E-state index is 5.78. The molecule has 1 aliphatic carbocycles. The molecule has 3 nitrogen and oxygen atoms in total. The molecule has 1 aromatic rings. The van der Waals surface area contributed by atoms with Crippen LogP contribution in [0, 0.1) is 6.92 Å². The van der Waals surface area contributed by atoms with Crippen molar-refractivity contribution in [1.82, 2.24) is 0 Å². The van der Waals surface area contributed by atoms with Gasteiger partial charge in [-0.3, -0.25) is 0 Å². The van der Waals surface area contributed by atoms with Crippen LogP contribution in [0.1, 0.15) is 24.8 Å². The third kappa shape index (κ3) is 2.14. The average Bonchev–Trinajstić information content (AvgIpc) is 2.22. The maximum atomic E-state index is 5.78. The fourth-order valence-electron chi connectivity index (χ4n) is 2.07. The first-order chi connectivity index (χ1) is 7.65. The lowest BCUT2D eigenvalue weighted by molar-refractivity contribution is -0.0601. The SMILES string of the molecule is COC1(CNc2ccc(N)c(C)c2)CCC1. The summed E-state index contributed by atoms with van der Waals surface area (Å²) in [7, 11) is 1.80. The number of hydrogen-bond acceptors (Lipinski definition) is 3. The van der Waals surface area contributed by atoms with Crippen molar-refractivity contribution < 1.29 is 4.74 Å². The van der Waals surface area contributed by atoms with E-state index < -0.39 is 0 Å². The smallest absolute Gasteiger partial charge is 0.0850 e. The number of nitrogen functional groups attached to an aromatic ring is 1. The van der Waals surface area contributed by atoms with E-state index in [-0.39, 0.29) is 5.60 Å². The van der Waals surface area contributed by atoms with Gasteiger partial charge in [-0.1, -0.05) is 0 Å². The number of nitrogens with one attached hydrogen (secondary N) is 1. The standard InChI is InChI=1S/C13H20N2O/c1-10-8-11(4-5-12(10)14)15-9-13(16-2)6-3-7-13/h4-5,8,15H,3,6-7,9,14H2,1-2H3. The van der Waals surface area contributed by atoms with Crippen molar-refractivity contribution in [1.29, 1.82) is 0 Å². The summed E-state index contributed by atoms with van der Waals surface area (Å²) in [5.41, 5.74) is 8.93. The van der Waals surface area contributed by atoms with Crippen LogP contribution in [0.2, 0.25) is 0 Å². The fourth-order valence-corrected chi connectivity index (χ4v) is 2.07. The van der Waals surface area contributed by atoms with E-state index in [1.54, 1.807) is 7.11 Å². The monoisotopic (exact) mass is 220 g/mol. The summed E-state index contributed by atoms with van der Waals surface area (Å²) in [4.78, 5) is 0. The zero-order valence-electron chi connectivity index (χ0n) is 10.0.